The van der Waals surface area contributed by atoms with E-state index in [2.05, 4.69) is 5.32 Å². The summed E-state index contributed by atoms with van der Waals surface area (Å²) in [7, 11) is 0. The fourth-order valence-electron chi connectivity index (χ4n) is 2.73. The van der Waals surface area contributed by atoms with Crippen molar-refractivity contribution in [3.8, 4) is 0 Å². The van der Waals surface area contributed by atoms with E-state index in [-0.39, 0.29) is 18.3 Å². The maximum Gasteiger partial charge on any atom is 0.234 e. The van der Waals surface area contributed by atoms with Crippen LogP contribution in [-0.2, 0) is 11.3 Å². The van der Waals surface area contributed by atoms with Crippen LogP contribution >= 0.6 is 0 Å². The third-order valence-corrected chi connectivity index (χ3v) is 3.84. The number of amides is 1. The summed E-state index contributed by atoms with van der Waals surface area (Å²) in [5, 5.41) is 12.8. The molecule has 1 fully saturated rings. The molecule has 1 aliphatic heterocycles. The second-order valence-corrected chi connectivity index (χ2v) is 5.98. The number of nitrogens with one attached hydrogen (secondary N) is 1. The van der Waals surface area contributed by atoms with E-state index in [9.17, 15) is 14.3 Å². The van der Waals surface area contributed by atoms with Crippen LogP contribution in [0.25, 0.3) is 0 Å². The summed E-state index contributed by atoms with van der Waals surface area (Å²) in [5.41, 5.74) is 0.730. The van der Waals surface area contributed by atoms with Crippen molar-refractivity contribution in [1.82, 2.24) is 10.2 Å². The molecule has 1 amide bonds. The summed E-state index contributed by atoms with van der Waals surface area (Å²) >= 11 is 0. The Morgan fingerprint density at radius 1 is 1.48 bits per heavy atom. The Balaban J connectivity index is 1.72. The van der Waals surface area contributed by atoms with E-state index in [1.54, 1.807) is 13.0 Å². The van der Waals surface area contributed by atoms with Crippen LogP contribution in [0.15, 0.2) is 18.2 Å². The van der Waals surface area contributed by atoms with Gasteiger partial charge < -0.3 is 10.4 Å². The number of carbonyl (C=O) groups is 1. The van der Waals surface area contributed by atoms with Gasteiger partial charge in [-0.05, 0) is 30.5 Å². The van der Waals surface area contributed by atoms with E-state index in [1.165, 1.54) is 6.07 Å². The Bertz CT molecular complexity index is 513. The van der Waals surface area contributed by atoms with Gasteiger partial charge in [0.05, 0.1) is 12.1 Å². The van der Waals surface area contributed by atoms with Crippen LogP contribution in [0.4, 0.5) is 4.39 Å². The Labute approximate surface area is 125 Å². The summed E-state index contributed by atoms with van der Waals surface area (Å²) in [6.07, 6.45) is 1.71. The van der Waals surface area contributed by atoms with Crippen molar-refractivity contribution in [1.29, 1.82) is 0 Å². The Morgan fingerprint density at radius 2 is 2.19 bits per heavy atom. The second kappa shape index (κ2) is 6.54. The molecular formula is C16H23FN2O2. The third-order valence-electron chi connectivity index (χ3n) is 3.84. The number of carbonyl (C=O) groups excluding carboxylic acids is 1. The average Bonchev–Trinajstić information content (AvgIpc) is 2.39. The molecule has 5 heteroatoms. The van der Waals surface area contributed by atoms with E-state index in [0.29, 0.717) is 25.2 Å². The van der Waals surface area contributed by atoms with Gasteiger partial charge in [-0.1, -0.05) is 25.5 Å². The molecule has 0 radical (unpaired) electrons. The number of aliphatic hydroxyl groups is 1. The minimum Gasteiger partial charge on any atom is -0.387 e. The van der Waals surface area contributed by atoms with Gasteiger partial charge in [0.25, 0.3) is 0 Å². The third kappa shape index (κ3) is 4.25. The Kier molecular flexibility index (Phi) is 4.96. The van der Waals surface area contributed by atoms with Gasteiger partial charge in [0.15, 0.2) is 0 Å². The topological polar surface area (TPSA) is 52.6 Å². The van der Waals surface area contributed by atoms with Crippen molar-refractivity contribution < 1.29 is 14.3 Å². The normalized spacial score (nSPS) is 17.3. The summed E-state index contributed by atoms with van der Waals surface area (Å²) in [4.78, 5) is 13.7. The lowest BCUT2D eigenvalue weighted by Crippen LogP contribution is -2.63. The number of rotatable bonds is 6. The van der Waals surface area contributed by atoms with E-state index in [4.69, 9.17) is 0 Å². The number of halogens is 1. The molecule has 0 spiro atoms. The van der Waals surface area contributed by atoms with Gasteiger partial charge in [0.2, 0.25) is 5.91 Å². The van der Waals surface area contributed by atoms with Gasteiger partial charge in [-0.15, -0.1) is 0 Å². The second-order valence-electron chi connectivity index (χ2n) is 5.98. The van der Waals surface area contributed by atoms with Crippen molar-refractivity contribution in [2.75, 3.05) is 19.6 Å². The zero-order valence-electron chi connectivity index (χ0n) is 12.7. The fourth-order valence-corrected chi connectivity index (χ4v) is 2.73. The predicted molar refractivity (Wildman–Crippen MR) is 79.3 cm³/mol. The van der Waals surface area contributed by atoms with Crippen LogP contribution in [0.1, 0.15) is 30.9 Å². The number of β-amino-alcohol motifs (C(OH)–C–C–N with tert-alkyl or cyclic N) is 1. The van der Waals surface area contributed by atoms with E-state index in [1.807, 2.05) is 17.9 Å². The molecule has 0 unspecified atom stereocenters. The highest BCUT2D eigenvalue weighted by Gasteiger charge is 2.40. The molecule has 21 heavy (non-hydrogen) atoms. The highest BCUT2D eigenvalue weighted by molar-refractivity contribution is 5.78. The molecule has 0 aromatic heterocycles. The Morgan fingerprint density at radius 3 is 2.81 bits per heavy atom. The molecule has 0 atom stereocenters. The summed E-state index contributed by atoms with van der Waals surface area (Å²) < 4.78 is 13.4. The number of nitrogens with zero attached hydrogens (tertiary/aromatic N) is 1. The Hall–Kier alpha value is -1.46. The molecule has 1 heterocycles. The predicted octanol–water partition coefficient (Wildman–Crippen LogP) is 1.60. The zero-order chi connectivity index (χ0) is 15.5. The van der Waals surface area contributed by atoms with Crippen LogP contribution < -0.4 is 5.32 Å². The summed E-state index contributed by atoms with van der Waals surface area (Å²) in [5.74, 6) is -0.358. The molecule has 116 valence electrons. The molecule has 1 aliphatic rings. The first-order chi connectivity index (χ1) is 9.92. The molecule has 0 bridgehead atoms. The maximum absolute atomic E-state index is 13.4. The van der Waals surface area contributed by atoms with Crippen LogP contribution in [0.3, 0.4) is 0 Å². The first-order valence-electron chi connectivity index (χ1n) is 7.38. The van der Waals surface area contributed by atoms with Gasteiger partial charge in [0, 0.05) is 19.6 Å². The monoisotopic (exact) mass is 294 g/mol. The minimum absolute atomic E-state index is 0.102. The van der Waals surface area contributed by atoms with Gasteiger partial charge in [-0.25, -0.2) is 4.39 Å². The summed E-state index contributed by atoms with van der Waals surface area (Å²) in [6.45, 7) is 5.44. The molecule has 1 saturated heterocycles. The molecule has 2 N–H and O–H groups in total. The lowest BCUT2D eigenvalue weighted by molar-refractivity contribution is -0.133. The SMILES string of the molecule is CCCC1(O)CN(CC(=O)NCc2ccc(C)c(F)c2)C1. The first kappa shape index (κ1) is 15.9. The maximum atomic E-state index is 13.4. The first-order valence-corrected chi connectivity index (χ1v) is 7.38. The quantitative estimate of drug-likeness (QED) is 0.838. The molecule has 1 aromatic rings. The largest absolute Gasteiger partial charge is 0.387 e. The minimum atomic E-state index is -0.616. The lowest BCUT2D eigenvalue weighted by Gasteiger charge is -2.46. The van der Waals surface area contributed by atoms with Crippen molar-refractivity contribution in [3.05, 3.63) is 35.1 Å². The van der Waals surface area contributed by atoms with E-state index >= 15 is 0 Å². The van der Waals surface area contributed by atoms with E-state index in [0.717, 1.165) is 18.4 Å². The standard InChI is InChI=1S/C16H23FN2O2/c1-3-6-16(21)10-19(11-16)9-15(20)18-8-13-5-4-12(2)14(17)7-13/h4-5,7,21H,3,6,8-11H2,1-2H3,(H,18,20). The van der Waals surface area contributed by atoms with Gasteiger partial charge >= 0.3 is 0 Å². The molecule has 1 aromatic carbocycles. The van der Waals surface area contributed by atoms with Gasteiger partial charge in [-0.2, -0.15) is 0 Å². The van der Waals surface area contributed by atoms with Crippen LogP contribution in [-0.4, -0.2) is 41.1 Å². The molecule has 4 nitrogen and oxygen atoms in total. The molecule has 0 saturated carbocycles. The van der Waals surface area contributed by atoms with Crippen LogP contribution in [0.5, 0.6) is 0 Å². The highest BCUT2D eigenvalue weighted by atomic mass is 19.1. The number of hydrogen-bond acceptors (Lipinski definition) is 3. The lowest BCUT2D eigenvalue weighted by atomic mass is 9.89. The van der Waals surface area contributed by atoms with Crippen molar-refractivity contribution >= 4 is 5.91 Å². The van der Waals surface area contributed by atoms with Crippen molar-refractivity contribution in [2.45, 2.75) is 38.8 Å². The molecular weight excluding hydrogens is 271 g/mol. The van der Waals surface area contributed by atoms with Gasteiger partial charge in [0.1, 0.15) is 5.82 Å². The number of hydrogen-bond donors (Lipinski definition) is 2. The van der Waals surface area contributed by atoms with Crippen molar-refractivity contribution in [2.24, 2.45) is 0 Å². The van der Waals surface area contributed by atoms with Crippen molar-refractivity contribution in [3.63, 3.8) is 0 Å². The van der Waals surface area contributed by atoms with Crippen LogP contribution in [0.2, 0.25) is 0 Å². The molecule has 2 rings (SSSR count). The highest BCUT2D eigenvalue weighted by Crippen LogP contribution is 2.25. The van der Waals surface area contributed by atoms with Crippen LogP contribution in [0, 0.1) is 12.7 Å². The average molecular weight is 294 g/mol. The number of likely N-dealkylation sites (tertiary alicyclic amines) is 1. The summed E-state index contributed by atoms with van der Waals surface area (Å²) in [6, 6.07) is 4.96. The smallest absolute Gasteiger partial charge is 0.234 e. The zero-order valence-corrected chi connectivity index (χ0v) is 12.7. The fraction of sp³-hybridized carbons (Fsp3) is 0.562. The number of benzene rings is 1. The van der Waals surface area contributed by atoms with Gasteiger partial charge in [-0.3, -0.25) is 9.69 Å². The number of aryl methyl sites for hydroxylation is 1. The van der Waals surface area contributed by atoms with E-state index < -0.39 is 5.60 Å². The molecule has 0 aliphatic carbocycles.